The second kappa shape index (κ2) is 9.02. The molecule has 10 heteroatoms. The molecule has 0 aliphatic heterocycles. The zero-order chi connectivity index (χ0) is 15.1. The van der Waals surface area contributed by atoms with E-state index in [9.17, 15) is 0 Å². The molecular weight excluding hydrogens is 329 g/mol. The van der Waals surface area contributed by atoms with Gasteiger partial charge in [0.15, 0.2) is 18.1 Å². The van der Waals surface area contributed by atoms with Crippen molar-refractivity contribution in [1.29, 1.82) is 0 Å². The molecular formula is C9H28O5Si5. The molecule has 0 saturated carbocycles. The van der Waals surface area contributed by atoms with Crippen LogP contribution in [0, 0.1) is 0 Å². The average molecular weight is 357 g/mol. The monoisotopic (exact) mass is 356 g/mol. The average Bonchev–Trinajstić information content (AvgIpc) is 2.12. The molecule has 0 fully saturated rings. The van der Waals surface area contributed by atoms with Crippen molar-refractivity contribution in [2.75, 3.05) is 6.79 Å². The summed E-state index contributed by atoms with van der Waals surface area (Å²) in [4.78, 5) is 0. The van der Waals surface area contributed by atoms with E-state index in [1.165, 1.54) is 0 Å². The molecule has 5 nitrogen and oxygen atoms in total. The fourth-order valence-electron chi connectivity index (χ4n) is 1.58. The predicted molar refractivity (Wildman–Crippen MR) is 88.8 cm³/mol. The van der Waals surface area contributed by atoms with Crippen LogP contribution in [0.4, 0.5) is 0 Å². The van der Waals surface area contributed by atoms with Crippen molar-refractivity contribution >= 4 is 45.2 Å². The molecule has 0 heterocycles. The lowest BCUT2D eigenvalue weighted by molar-refractivity contribution is 0.0584. The summed E-state index contributed by atoms with van der Waals surface area (Å²) >= 11 is 0. The summed E-state index contributed by atoms with van der Waals surface area (Å²) in [6.45, 7) is 16.8. The van der Waals surface area contributed by atoms with Crippen LogP contribution in [0.2, 0.25) is 52.4 Å². The molecule has 0 aromatic heterocycles. The zero-order valence-corrected chi connectivity index (χ0v) is 18.7. The first-order chi connectivity index (χ1) is 8.60. The summed E-state index contributed by atoms with van der Waals surface area (Å²) in [5.74, 6) is 0. The Kier molecular flexibility index (Phi) is 9.43. The summed E-state index contributed by atoms with van der Waals surface area (Å²) in [7, 11) is -6.69. The van der Waals surface area contributed by atoms with E-state index in [-0.39, 0.29) is 6.79 Å². The quantitative estimate of drug-likeness (QED) is 0.442. The van der Waals surface area contributed by atoms with Gasteiger partial charge in [0.25, 0.3) is 0 Å². The topological polar surface area (TPSA) is 46.2 Å². The maximum Gasteiger partial charge on any atom is 0.479 e. The van der Waals surface area contributed by atoms with Crippen molar-refractivity contribution in [2.45, 2.75) is 52.4 Å². The van der Waals surface area contributed by atoms with Crippen LogP contribution >= 0.6 is 0 Å². The van der Waals surface area contributed by atoms with Gasteiger partial charge in [-0.1, -0.05) is 0 Å². The van der Waals surface area contributed by atoms with E-state index in [1.54, 1.807) is 0 Å². The lowest BCUT2D eigenvalue weighted by Gasteiger charge is -2.35. The summed E-state index contributed by atoms with van der Waals surface area (Å²) in [5, 5.41) is 0. The summed E-state index contributed by atoms with van der Waals surface area (Å²) in [5.41, 5.74) is 0. The molecule has 0 spiro atoms. The molecule has 0 N–H and O–H groups in total. The second-order valence-electron chi connectivity index (χ2n) is 5.31. The third-order valence-corrected chi connectivity index (χ3v) is 13.3. The van der Waals surface area contributed by atoms with Gasteiger partial charge >= 0.3 is 17.4 Å². The van der Waals surface area contributed by atoms with Gasteiger partial charge in [0.2, 0.25) is 9.76 Å². The highest BCUT2D eigenvalue weighted by molar-refractivity contribution is 6.81. The normalized spacial score (nSPS) is 16.1. The molecule has 0 bridgehead atoms. The van der Waals surface area contributed by atoms with E-state index in [1.807, 2.05) is 13.1 Å². The molecule has 2 radical (unpaired) electrons. The Morgan fingerprint density at radius 1 is 1.00 bits per heavy atom. The molecule has 0 aromatic rings. The van der Waals surface area contributed by atoms with Gasteiger partial charge in [-0.3, -0.25) is 0 Å². The van der Waals surface area contributed by atoms with Crippen molar-refractivity contribution in [3.63, 3.8) is 0 Å². The van der Waals surface area contributed by atoms with Crippen molar-refractivity contribution < 1.29 is 21.2 Å². The minimum Gasteiger partial charge on any atom is -0.439 e. The van der Waals surface area contributed by atoms with Gasteiger partial charge in [-0.05, 0) is 45.8 Å². The van der Waals surface area contributed by atoms with Gasteiger partial charge < -0.3 is 21.2 Å². The van der Waals surface area contributed by atoms with Gasteiger partial charge in [-0.25, -0.2) is 0 Å². The van der Waals surface area contributed by atoms with Crippen LogP contribution in [0.5, 0.6) is 0 Å². The highest BCUT2D eigenvalue weighted by atomic mass is 28.5. The standard InChI is InChI=1S/C9H28O5Si5/c1-15-12-19(8,11-9-10-16(2)3)14-18(6,7)13-17(4)5/h16-17H,9H2,1-8H3/t19-/m1/s1. The van der Waals surface area contributed by atoms with Crippen LogP contribution in [-0.2, 0) is 21.2 Å². The molecule has 0 aliphatic carbocycles. The van der Waals surface area contributed by atoms with Crippen LogP contribution < -0.4 is 0 Å². The number of hydrogen-bond acceptors (Lipinski definition) is 5. The van der Waals surface area contributed by atoms with Gasteiger partial charge in [-0.2, -0.15) is 0 Å². The maximum absolute atomic E-state index is 6.15. The minimum atomic E-state index is -2.65. The molecule has 114 valence electrons. The Balaban J connectivity index is 4.50. The molecule has 0 saturated heterocycles. The molecule has 1 atom stereocenters. The summed E-state index contributed by atoms with van der Waals surface area (Å²) < 4.78 is 29.3. The largest absolute Gasteiger partial charge is 0.479 e. The lowest BCUT2D eigenvalue weighted by atomic mass is 11.6. The van der Waals surface area contributed by atoms with Gasteiger partial charge in [0, 0.05) is 6.55 Å². The lowest BCUT2D eigenvalue weighted by Crippen LogP contribution is -2.54. The Morgan fingerprint density at radius 3 is 2.00 bits per heavy atom. The summed E-state index contributed by atoms with van der Waals surface area (Å²) in [6, 6.07) is 0. The van der Waals surface area contributed by atoms with E-state index in [4.69, 9.17) is 21.2 Å². The molecule has 0 aliphatic rings. The van der Waals surface area contributed by atoms with Gasteiger partial charge in [-0.15, -0.1) is 0 Å². The molecule has 19 heavy (non-hydrogen) atoms. The molecule has 0 amide bonds. The third kappa shape index (κ3) is 10.3. The van der Waals surface area contributed by atoms with Gasteiger partial charge in [0.05, 0.1) is 0 Å². The van der Waals surface area contributed by atoms with Crippen LogP contribution in [0.3, 0.4) is 0 Å². The maximum atomic E-state index is 6.15. The zero-order valence-electron chi connectivity index (χ0n) is 13.4. The van der Waals surface area contributed by atoms with Crippen LogP contribution in [0.25, 0.3) is 0 Å². The van der Waals surface area contributed by atoms with E-state index in [0.717, 1.165) is 0 Å². The fraction of sp³-hybridized carbons (Fsp3) is 1.00. The first-order valence-electron chi connectivity index (χ1n) is 6.58. The van der Waals surface area contributed by atoms with Crippen LogP contribution in [-0.4, -0.2) is 52.0 Å². The van der Waals surface area contributed by atoms with Crippen molar-refractivity contribution in [1.82, 2.24) is 0 Å². The molecule has 0 aromatic carbocycles. The molecule has 0 rings (SSSR count). The first-order valence-corrected chi connectivity index (χ1v) is 18.6. The van der Waals surface area contributed by atoms with E-state index in [2.05, 4.69) is 39.3 Å². The smallest absolute Gasteiger partial charge is 0.439 e. The highest BCUT2D eigenvalue weighted by Gasteiger charge is 2.42. The number of rotatable bonds is 10. The SMILES string of the molecule is C[Si]O[Si@@](C)(OCO[SiH](C)C)O[Si](C)(C)O[SiH](C)C. The second-order valence-corrected chi connectivity index (χ2v) is 17.6. The summed E-state index contributed by atoms with van der Waals surface area (Å²) in [6.07, 6.45) is 0. The Labute approximate surface area is 126 Å². The Bertz CT molecular complexity index is 253. The minimum absolute atomic E-state index is 0.265. The van der Waals surface area contributed by atoms with Crippen LogP contribution in [0.1, 0.15) is 0 Å². The van der Waals surface area contributed by atoms with Crippen molar-refractivity contribution in [3.8, 4) is 0 Å². The fourth-order valence-corrected chi connectivity index (χ4v) is 13.6. The van der Waals surface area contributed by atoms with E-state index < -0.39 is 35.4 Å². The van der Waals surface area contributed by atoms with Crippen LogP contribution in [0.15, 0.2) is 0 Å². The van der Waals surface area contributed by atoms with Gasteiger partial charge in [0.1, 0.15) is 6.79 Å². The van der Waals surface area contributed by atoms with E-state index >= 15 is 0 Å². The number of hydrogen-bond donors (Lipinski definition) is 0. The Morgan fingerprint density at radius 2 is 1.58 bits per heavy atom. The third-order valence-electron chi connectivity index (χ3n) is 1.96. The van der Waals surface area contributed by atoms with Crippen molar-refractivity contribution in [3.05, 3.63) is 0 Å². The Hall–Kier alpha value is 0.884. The first kappa shape index (κ1) is 19.9. The predicted octanol–water partition coefficient (Wildman–Crippen LogP) is 1.93. The van der Waals surface area contributed by atoms with E-state index in [0.29, 0.717) is 9.76 Å². The molecule has 0 unspecified atom stereocenters. The van der Waals surface area contributed by atoms with Crippen molar-refractivity contribution in [2.24, 2.45) is 0 Å². The highest BCUT2D eigenvalue weighted by Crippen LogP contribution is 2.18.